The van der Waals surface area contributed by atoms with Crippen molar-refractivity contribution in [1.82, 2.24) is 9.97 Å². The zero-order valence-corrected chi connectivity index (χ0v) is 14.2. The molecule has 126 valence electrons. The van der Waals surface area contributed by atoms with E-state index in [1.54, 1.807) is 18.3 Å². The van der Waals surface area contributed by atoms with Gasteiger partial charge in [-0.3, -0.25) is 0 Å². The molecule has 0 fully saturated rings. The molecule has 4 heteroatoms. The zero-order valence-electron chi connectivity index (χ0n) is 14.2. The molecular formula is C22H18N4. The number of fused-ring (bicyclic) bond motifs is 1. The van der Waals surface area contributed by atoms with E-state index in [-0.39, 0.29) is 5.92 Å². The first-order chi connectivity index (χ1) is 12.9. The fourth-order valence-corrected chi connectivity index (χ4v) is 3.31. The molecule has 0 saturated heterocycles. The van der Waals surface area contributed by atoms with Crippen molar-refractivity contribution in [3.05, 3.63) is 95.8 Å². The van der Waals surface area contributed by atoms with E-state index in [1.807, 2.05) is 12.1 Å². The lowest BCUT2D eigenvalue weighted by molar-refractivity contribution is 0.855. The molecule has 2 heterocycles. The highest BCUT2D eigenvalue weighted by atomic mass is 15.0. The second kappa shape index (κ2) is 7.12. The summed E-state index contributed by atoms with van der Waals surface area (Å²) in [7, 11) is 0. The van der Waals surface area contributed by atoms with Gasteiger partial charge in [-0.25, -0.2) is 4.98 Å². The molecule has 0 aliphatic rings. The van der Waals surface area contributed by atoms with E-state index < -0.39 is 0 Å². The van der Waals surface area contributed by atoms with Gasteiger partial charge in [-0.2, -0.15) is 5.26 Å². The van der Waals surface area contributed by atoms with Gasteiger partial charge < -0.3 is 10.3 Å². The maximum Gasteiger partial charge on any atom is 0.143 e. The second-order valence-electron chi connectivity index (χ2n) is 6.15. The fraction of sp³-hybridized carbons (Fsp3) is 0.0909. The number of aromatic nitrogens is 2. The Balaban J connectivity index is 1.72. The van der Waals surface area contributed by atoms with Crippen LogP contribution in [0.1, 0.15) is 22.6 Å². The molecule has 0 aliphatic heterocycles. The van der Waals surface area contributed by atoms with Crippen molar-refractivity contribution in [2.45, 2.75) is 5.92 Å². The topological polar surface area (TPSA) is 64.5 Å². The Bertz CT molecular complexity index is 1060. The Hall–Kier alpha value is -3.58. The summed E-state index contributed by atoms with van der Waals surface area (Å²) in [6, 6.07) is 24.5. The highest BCUT2D eigenvalue weighted by molar-refractivity contribution is 5.84. The Morgan fingerprint density at radius 2 is 1.81 bits per heavy atom. The lowest BCUT2D eigenvalue weighted by Gasteiger charge is -2.19. The summed E-state index contributed by atoms with van der Waals surface area (Å²) in [5.41, 5.74) is 4.13. The van der Waals surface area contributed by atoms with Crippen LogP contribution in [0.25, 0.3) is 10.9 Å². The van der Waals surface area contributed by atoms with Crippen molar-refractivity contribution in [3.63, 3.8) is 0 Å². The van der Waals surface area contributed by atoms with E-state index in [9.17, 15) is 5.26 Å². The van der Waals surface area contributed by atoms with E-state index in [0.717, 1.165) is 5.52 Å². The normalized spacial score (nSPS) is 11.8. The monoisotopic (exact) mass is 338 g/mol. The first-order valence-corrected chi connectivity index (χ1v) is 8.57. The van der Waals surface area contributed by atoms with Gasteiger partial charge in [0.1, 0.15) is 11.9 Å². The van der Waals surface area contributed by atoms with Crippen molar-refractivity contribution >= 4 is 16.7 Å². The van der Waals surface area contributed by atoms with Gasteiger partial charge in [0.05, 0.1) is 5.56 Å². The summed E-state index contributed by atoms with van der Waals surface area (Å²) in [6.45, 7) is 0.650. The summed E-state index contributed by atoms with van der Waals surface area (Å²) in [4.78, 5) is 7.68. The standard InChI is InChI=1S/C22H18N4/c23-13-17-9-6-12-24-22(17)26-14-19(16-7-2-1-3-8-16)20-15-25-21-11-5-4-10-18(20)21/h1-12,15,19,25H,14H2,(H,24,26)/t19-/m0/s1. The smallest absolute Gasteiger partial charge is 0.143 e. The lowest BCUT2D eigenvalue weighted by atomic mass is 9.91. The molecule has 0 amide bonds. The predicted molar refractivity (Wildman–Crippen MR) is 104 cm³/mol. The largest absolute Gasteiger partial charge is 0.368 e. The molecule has 2 N–H and O–H groups in total. The molecule has 0 aliphatic carbocycles. The predicted octanol–water partition coefficient (Wildman–Crippen LogP) is 4.68. The molecule has 26 heavy (non-hydrogen) atoms. The van der Waals surface area contributed by atoms with Gasteiger partial charge in [-0.1, -0.05) is 48.5 Å². The molecule has 2 aromatic carbocycles. The molecule has 0 saturated carbocycles. The molecule has 4 rings (SSSR count). The molecule has 1 atom stereocenters. The Morgan fingerprint density at radius 1 is 1.00 bits per heavy atom. The number of para-hydroxylation sites is 1. The number of aromatic amines is 1. The van der Waals surface area contributed by atoms with E-state index >= 15 is 0 Å². The van der Waals surface area contributed by atoms with Crippen molar-refractivity contribution in [2.75, 3.05) is 11.9 Å². The van der Waals surface area contributed by atoms with Gasteiger partial charge in [0.25, 0.3) is 0 Å². The van der Waals surface area contributed by atoms with Crippen LogP contribution in [0.4, 0.5) is 5.82 Å². The summed E-state index contributed by atoms with van der Waals surface area (Å²) in [5.74, 6) is 0.761. The summed E-state index contributed by atoms with van der Waals surface area (Å²) in [5, 5.41) is 13.9. The molecule has 0 radical (unpaired) electrons. The maximum atomic E-state index is 9.29. The number of pyridine rings is 1. The number of benzene rings is 2. The number of nitrogens with zero attached hydrogens (tertiary/aromatic N) is 2. The highest BCUT2D eigenvalue weighted by Gasteiger charge is 2.18. The molecular weight excluding hydrogens is 320 g/mol. The van der Waals surface area contributed by atoms with Crippen LogP contribution in [0.5, 0.6) is 0 Å². The average molecular weight is 338 g/mol. The Labute approximate surface area is 152 Å². The van der Waals surface area contributed by atoms with E-state index in [2.05, 4.69) is 70.0 Å². The molecule has 4 aromatic rings. The van der Waals surface area contributed by atoms with Crippen molar-refractivity contribution in [3.8, 4) is 6.07 Å². The Morgan fingerprint density at radius 3 is 2.65 bits per heavy atom. The maximum absolute atomic E-state index is 9.29. The van der Waals surface area contributed by atoms with Crippen molar-refractivity contribution in [2.24, 2.45) is 0 Å². The quantitative estimate of drug-likeness (QED) is 0.555. The molecule has 2 aromatic heterocycles. The zero-order chi connectivity index (χ0) is 17.8. The van der Waals surface area contributed by atoms with E-state index in [1.165, 1.54) is 16.5 Å². The van der Waals surface area contributed by atoms with Crippen molar-refractivity contribution in [1.29, 1.82) is 5.26 Å². The number of nitriles is 1. The van der Waals surface area contributed by atoms with Crippen molar-refractivity contribution < 1.29 is 0 Å². The number of H-pyrrole nitrogens is 1. The molecule has 4 nitrogen and oxygen atoms in total. The van der Waals surface area contributed by atoms with Gasteiger partial charge >= 0.3 is 0 Å². The lowest BCUT2D eigenvalue weighted by Crippen LogP contribution is -2.15. The Kier molecular flexibility index (Phi) is 4.36. The van der Waals surface area contributed by atoms with Gasteiger partial charge in [0.2, 0.25) is 0 Å². The average Bonchev–Trinajstić information content (AvgIpc) is 3.13. The first kappa shape index (κ1) is 15.9. The first-order valence-electron chi connectivity index (χ1n) is 8.57. The van der Waals surface area contributed by atoms with Crippen LogP contribution in [-0.2, 0) is 0 Å². The second-order valence-corrected chi connectivity index (χ2v) is 6.15. The summed E-state index contributed by atoms with van der Waals surface area (Å²) >= 11 is 0. The van der Waals surface area contributed by atoms with Crippen LogP contribution in [0, 0.1) is 11.3 Å². The minimum Gasteiger partial charge on any atom is -0.368 e. The molecule has 0 unspecified atom stereocenters. The third-order valence-electron chi connectivity index (χ3n) is 4.60. The van der Waals surface area contributed by atoms with Crippen LogP contribution in [0.2, 0.25) is 0 Å². The SMILES string of the molecule is N#Cc1cccnc1NC[C@@H](c1ccccc1)c1c[nH]c2ccccc12. The highest BCUT2D eigenvalue weighted by Crippen LogP contribution is 2.31. The van der Waals surface area contributed by atoms with Crippen LogP contribution in [-0.4, -0.2) is 16.5 Å². The van der Waals surface area contributed by atoms with Gasteiger partial charge in [-0.05, 0) is 29.3 Å². The number of hydrogen-bond donors (Lipinski definition) is 2. The number of rotatable bonds is 5. The van der Waals surface area contributed by atoms with Gasteiger partial charge in [-0.15, -0.1) is 0 Å². The summed E-state index contributed by atoms with van der Waals surface area (Å²) in [6.07, 6.45) is 3.78. The third-order valence-corrected chi connectivity index (χ3v) is 4.60. The number of hydrogen-bond acceptors (Lipinski definition) is 3. The van der Waals surface area contributed by atoms with E-state index in [4.69, 9.17) is 0 Å². The number of nitrogens with one attached hydrogen (secondary N) is 2. The van der Waals surface area contributed by atoms with Crippen LogP contribution in [0.15, 0.2) is 79.1 Å². The minimum absolute atomic E-state index is 0.140. The summed E-state index contributed by atoms with van der Waals surface area (Å²) < 4.78 is 0. The van der Waals surface area contributed by atoms with Crippen LogP contribution in [0.3, 0.4) is 0 Å². The molecule has 0 spiro atoms. The van der Waals surface area contributed by atoms with Gasteiger partial charge in [0, 0.05) is 35.8 Å². The van der Waals surface area contributed by atoms with E-state index in [0.29, 0.717) is 17.9 Å². The minimum atomic E-state index is 0.140. The molecule has 0 bridgehead atoms. The fourth-order valence-electron chi connectivity index (χ4n) is 3.31. The van der Waals surface area contributed by atoms with Crippen LogP contribution >= 0.6 is 0 Å². The third kappa shape index (κ3) is 3.03. The van der Waals surface area contributed by atoms with Crippen LogP contribution < -0.4 is 5.32 Å². The number of anilines is 1. The van der Waals surface area contributed by atoms with Gasteiger partial charge in [0.15, 0.2) is 0 Å².